The third-order valence-corrected chi connectivity index (χ3v) is 7.20. The first-order valence-corrected chi connectivity index (χ1v) is 12.3. The van der Waals surface area contributed by atoms with E-state index in [1.807, 2.05) is 32.9 Å². The Morgan fingerprint density at radius 1 is 1.16 bits per heavy atom. The lowest BCUT2D eigenvalue weighted by Gasteiger charge is -2.32. The van der Waals surface area contributed by atoms with Gasteiger partial charge in [-0.15, -0.1) is 0 Å². The molecule has 0 aromatic carbocycles. The summed E-state index contributed by atoms with van der Waals surface area (Å²) in [4.78, 5) is 23.4. The maximum atomic E-state index is 12.6. The van der Waals surface area contributed by atoms with Gasteiger partial charge in [0, 0.05) is 37.4 Å². The molecule has 0 bridgehead atoms. The molecular weight excluding hydrogens is 414 g/mol. The number of anilines is 2. The van der Waals surface area contributed by atoms with E-state index in [0.717, 1.165) is 24.2 Å². The zero-order valence-corrected chi connectivity index (χ0v) is 19.2. The summed E-state index contributed by atoms with van der Waals surface area (Å²) in [5.41, 5.74) is 1.05. The molecule has 0 atom stereocenters. The van der Waals surface area contributed by atoms with Crippen LogP contribution < -0.4 is 14.9 Å². The highest BCUT2D eigenvalue weighted by atomic mass is 32.2. The standard InChI is InChI=1S/C22H31N5O3S/c1-4-18(5-2)26-31(29,30)19-6-7-21(24-15-19)27-12-9-17(10-13-27)22(28)25-20-14-16(3)8-11-23-20/h6-8,11,14-15,17-18,26H,4-5,9-10,12-13H2,1-3H3,(H,23,25,28). The quantitative estimate of drug-likeness (QED) is 0.647. The van der Waals surface area contributed by atoms with Crippen LogP contribution in [0.15, 0.2) is 41.6 Å². The first kappa shape index (κ1) is 23.1. The van der Waals surface area contributed by atoms with Crippen molar-refractivity contribution in [2.75, 3.05) is 23.3 Å². The minimum atomic E-state index is -3.57. The maximum absolute atomic E-state index is 12.6. The summed E-state index contributed by atoms with van der Waals surface area (Å²) >= 11 is 0. The smallest absolute Gasteiger partial charge is 0.242 e. The molecule has 0 unspecified atom stereocenters. The zero-order valence-electron chi connectivity index (χ0n) is 18.3. The second-order valence-electron chi connectivity index (χ2n) is 7.96. The molecule has 8 nitrogen and oxygen atoms in total. The molecule has 1 fully saturated rings. The molecular formula is C22H31N5O3S. The largest absolute Gasteiger partial charge is 0.357 e. The van der Waals surface area contributed by atoms with Gasteiger partial charge < -0.3 is 10.2 Å². The van der Waals surface area contributed by atoms with Gasteiger partial charge in [0.1, 0.15) is 16.5 Å². The Morgan fingerprint density at radius 2 is 1.87 bits per heavy atom. The minimum absolute atomic E-state index is 0.0142. The van der Waals surface area contributed by atoms with E-state index in [-0.39, 0.29) is 22.8 Å². The zero-order chi connectivity index (χ0) is 22.4. The highest BCUT2D eigenvalue weighted by Crippen LogP contribution is 2.24. The van der Waals surface area contributed by atoms with Crippen molar-refractivity contribution >= 4 is 27.6 Å². The fourth-order valence-electron chi connectivity index (χ4n) is 3.66. The first-order valence-electron chi connectivity index (χ1n) is 10.8. The predicted molar refractivity (Wildman–Crippen MR) is 121 cm³/mol. The van der Waals surface area contributed by atoms with Crippen LogP contribution in [0.5, 0.6) is 0 Å². The summed E-state index contributed by atoms with van der Waals surface area (Å²) in [5, 5.41) is 2.90. The Kier molecular flexibility index (Phi) is 7.61. The topological polar surface area (TPSA) is 104 Å². The van der Waals surface area contributed by atoms with Crippen LogP contribution >= 0.6 is 0 Å². The van der Waals surface area contributed by atoms with E-state index in [4.69, 9.17) is 0 Å². The molecule has 1 saturated heterocycles. The van der Waals surface area contributed by atoms with E-state index in [0.29, 0.717) is 31.7 Å². The van der Waals surface area contributed by atoms with E-state index in [9.17, 15) is 13.2 Å². The number of hydrogen-bond donors (Lipinski definition) is 2. The molecule has 0 spiro atoms. The fourth-order valence-corrected chi connectivity index (χ4v) is 5.01. The summed E-state index contributed by atoms with van der Waals surface area (Å²) < 4.78 is 27.8. The summed E-state index contributed by atoms with van der Waals surface area (Å²) in [6, 6.07) is 6.99. The van der Waals surface area contributed by atoms with Gasteiger partial charge in [-0.2, -0.15) is 0 Å². The van der Waals surface area contributed by atoms with Crippen LogP contribution in [-0.2, 0) is 14.8 Å². The van der Waals surface area contributed by atoms with E-state index in [1.165, 1.54) is 6.20 Å². The molecule has 9 heteroatoms. The molecule has 2 N–H and O–H groups in total. The normalized spacial score (nSPS) is 15.3. The summed E-state index contributed by atoms with van der Waals surface area (Å²) in [6.45, 7) is 7.24. The lowest BCUT2D eigenvalue weighted by molar-refractivity contribution is -0.120. The van der Waals surface area contributed by atoms with Crippen molar-refractivity contribution in [1.82, 2.24) is 14.7 Å². The van der Waals surface area contributed by atoms with Gasteiger partial charge in [0.2, 0.25) is 15.9 Å². The number of pyridine rings is 2. The maximum Gasteiger partial charge on any atom is 0.242 e. The van der Waals surface area contributed by atoms with Crippen molar-refractivity contribution in [3.05, 3.63) is 42.2 Å². The highest BCUT2D eigenvalue weighted by molar-refractivity contribution is 7.89. The Bertz CT molecular complexity index is 982. The third-order valence-electron chi connectivity index (χ3n) is 5.69. The highest BCUT2D eigenvalue weighted by Gasteiger charge is 2.26. The monoisotopic (exact) mass is 445 g/mol. The van der Waals surface area contributed by atoms with Gasteiger partial charge in [-0.05, 0) is 62.4 Å². The van der Waals surface area contributed by atoms with Crippen LogP contribution in [0.1, 0.15) is 45.1 Å². The van der Waals surface area contributed by atoms with Gasteiger partial charge in [0.15, 0.2) is 0 Å². The molecule has 3 heterocycles. The van der Waals surface area contributed by atoms with Crippen molar-refractivity contribution < 1.29 is 13.2 Å². The Hall–Kier alpha value is -2.52. The summed E-state index contributed by atoms with van der Waals surface area (Å²) in [5.74, 6) is 1.20. The van der Waals surface area contributed by atoms with Crippen molar-refractivity contribution in [2.24, 2.45) is 5.92 Å². The van der Waals surface area contributed by atoms with E-state index in [2.05, 4.69) is 24.9 Å². The number of hydrogen-bond acceptors (Lipinski definition) is 6. The minimum Gasteiger partial charge on any atom is -0.357 e. The number of rotatable bonds is 8. The number of amides is 1. The molecule has 0 saturated carbocycles. The second kappa shape index (κ2) is 10.2. The number of aryl methyl sites for hydroxylation is 1. The molecule has 1 aliphatic heterocycles. The Morgan fingerprint density at radius 3 is 2.45 bits per heavy atom. The number of carbonyl (C=O) groups excluding carboxylic acids is 1. The average molecular weight is 446 g/mol. The number of piperidine rings is 1. The second-order valence-corrected chi connectivity index (χ2v) is 9.67. The Balaban J connectivity index is 1.56. The number of sulfonamides is 1. The number of aromatic nitrogens is 2. The molecule has 1 amide bonds. The predicted octanol–water partition coefficient (Wildman–Crippen LogP) is 3.11. The summed E-state index contributed by atoms with van der Waals surface area (Å²) in [7, 11) is -3.57. The van der Waals surface area contributed by atoms with Gasteiger partial charge >= 0.3 is 0 Å². The first-order chi connectivity index (χ1) is 14.8. The van der Waals surface area contributed by atoms with Crippen molar-refractivity contribution in [2.45, 2.75) is 57.4 Å². The van der Waals surface area contributed by atoms with Gasteiger partial charge in [0.25, 0.3) is 0 Å². The average Bonchev–Trinajstić information content (AvgIpc) is 2.77. The van der Waals surface area contributed by atoms with Crippen LogP contribution in [0.2, 0.25) is 0 Å². The van der Waals surface area contributed by atoms with Gasteiger partial charge in [-0.25, -0.2) is 23.1 Å². The molecule has 2 aromatic heterocycles. The van der Waals surface area contributed by atoms with Gasteiger partial charge in [-0.3, -0.25) is 4.79 Å². The SMILES string of the molecule is CCC(CC)NS(=O)(=O)c1ccc(N2CCC(C(=O)Nc3cc(C)ccn3)CC2)nc1. The van der Waals surface area contributed by atoms with Crippen LogP contribution in [0, 0.1) is 12.8 Å². The Labute approximate surface area is 184 Å². The number of nitrogens with one attached hydrogen (secondary N) is 2. The summed E-state index contributed by atoms with van der Waals surface area (Å²) in [6.07, 6.45) is 5.98. The molecule has 31 heavy (non-hydrogen) atoms. The van der Waals surface area contributed by atoms with Gasteiger partial charge in [0.05, 0.1) is 0 Å². The number of nitrogens with zero attached hydrogens (tertiary/aromatic N) is 3. The molecule has 0 radical (unpaired) electrons. The molecule has 168 valence electrons. The van der Waals surface area contributed by atoms with Crippen LogP contribution in [0.4, 0.5) is 11.6 Å². The van der Waals surface area contributed by atoms with E-state index < -0.39 is 10.0 Å². The molecule has 1 aliphatic rings. The number of carbonyl (C=O) groups is 1. The van der Waals surface area contributed by atoms with Crippen LogP contribution in [0.25, 0.3) is 0 Å². The third kappa shape index (κ3) is 6.01. The van der Waals surface area contributed by atoms with Crippen molar-refractivity contribution in [3.63, 3.8) is 0 Å². The lowest BCUT2D eigenvalue weighted by Crippen LogP contribution is -2.38. The molecule has 0 aliphatic carbocycles. The lowest BCUT2D eigenvalue weighted by atomic mass is 9.96. The van der Waals surface area contributed by atoms with Crippen LogP contribution in [-0.4, -0.2) is 43.4 Å². The van der Waals surface area contributed by atoms with Crippen LogP contribution in [0.3, 0.4) is 0 Å². The van der Waals surface area contributed by atoms with Crippen molar-refractivity contribution in [3.8, 4) is 0 Å². The van der Waals surface area contributed by atoms with E-state index >= 15 is 0 Å². The fraction of sp³-hybridized carbons (Fsp3) is 0.500. The molecule has 2 aromatic rings. The molecule has 3 rings (SSSR count). The van der Waals surface area contributed by atoms with E-state index in [1.54, 1.807) is 18.3 Å². The van der Waals surface area contributed by atoms with Gasteiger partial charge in [-0.1, -0.05) is 13.8 Å². The van der Waals surface area contributed by atoms with Crippen molar-refractivity contribution in [1.29, 1.82) is 0 Å².